The molecule has 0 heterocycles. The van der Waals surface area contributed by atoms with Gasteiger partial charge >= 0.3 is 18.5 Å². The lowest BCUT2D eigenvalue weighted by atomic mass is 9.89. The number of halogens is 9. The van der Waals surface area contributed by atoms with Crippen LogP contribution in [0.1, 0.15) is 68.6 Å². The first-order valence-electron chi connectivity index (χ1n) is 12.1. The van der Waals surface area contributed by atoms with Crippen LogP contribution in [0.15, 0.2) is 60.7 Å². The molecule has 0 amide bonds. The normalized spacial score (nSPS) is 14.6. The van der Waals surface area contributed by atoms with Crippen LogP contribution in [0, 0.1) is 0 Å². The highest BCUT2D eigenvalue weighted by Gasteiger charge is 2.34. The average molecular weight is 571 g/mol. The SMILES string of the molecule is O=C([O-])c1cc(C2=C(c3cc(C(F)(F)F)ccc3CCc3ccc(C(F)(F)F)cc3)CCC2)cc(C(F)(F)F)c1. The predicted octanol–water partition coefficient (Wildman–Crippen LogP) is 7.99. The zero-order valence-electron chi connectivity index (χ0n) is 20.5. The van der Waals surface area contributed by atoms with Crippen LogP contribution in [-0.2, 0) is 31.4 Å². The molecule has 2 nitrogen and oxygen atoms in total. The third kappa shape index (κ3) is 6.51. The fourth-order valence-electron chi connectivity index (χ4n) is 4.83. The van der Waals surface area contributed by atoms with Crippen molar-refractivity contribution in [3.8, 4) is 0 Å². The minimum atomic E-state index is -4.87. The lowest BCUT2D eigenvalue weighted by molar-refractivity contribution is -0.255. The van der Waals surface area contributed by atoms with Crippen molar-refractivity contribution in [1.29, 1.82) is 0 Å². The van der Waals surface area contributed by atoms with E-state index in [1.165, 1.54) is 18.2 Å². The molecule has 212 valence electrons. The summed E-state index contributed by atoms with van der Waals surface area (Å²) in [4.78, 5) is 11.4. The van der Waals surface area contributed by atoms with Crippen molar-refractivity contribution in [3.63, 3.8) is 0 Å². The van der Waals surface area contributed by atoms with Crippen molar-refractivity contribution >= 4 is 17.1 Å². The third-order valence-corrected chi connectivity index (χ3v) is 6.79. The topological polar surface area (TPSA) is 40.1 Å². The number of aromatic carboxylic acids is 1. The van der Waals surface area contributed by atoms with Gasteiger partial charge in [0.2, 0.25) is 0 Å². The van der Waals surface area contributed by atoms with E-state index in [4.69, 9.17) is 0 Å². The quantitative estimate of drug-likeness (QED) is 0.282. The van der Waals surface area contributed by atoms with Gasteiger partial charge in [0.1, 0.15) is 0 Å². The van der Waals surface area contributed by atoms with Crippen molar-refractivity contribution in [2.24, 2.45) is 0 Å². The van der Waals surface area contributed by atoms with E-state index in [0.717, 1.165) is 36.4 Å². The molecule has 0 unspecified atom stereocenters. The van der Waals surface area contributed by atoms with Gasteiger partial charge in [0.25, 0.3) is 0 Å². The van der Waals surface area contributed by atoms with Gasteiger partial charge in [0, 0.05) is 0 Å². The van der Waals surface area contributed by atoms with E-state index in [1.54, 1.807) is 0 Å². The van der Waals surface area contributed by atoms with E-state index in [0.29, 0.717) is 34.8 Å². The Hall–Kier alpha value is -3.76. The van der Waals surface area contributed by atoms with Gasteiger partial charge < -0.3 is 9.90 Å². The van der Waals surface area contributed by atoms with Crippen LogP contribution in [-0.4, -0.2) is 5.97 Å². The second-order valence-corrected chi connectivity index (χ2v) is 9.46. The fourth-order valence-corrected chi connectivity index (χ4v) is 4.83. The second-order valence-electron chi connectivity index (χ2n) is 9.46. The maximum absolute atomic E-state index is 13.6. The van der Waals surface area contributed by atoms with Gasteiger partial charge in [0.15, 0.2) is 0 Å². The fraction of sp³-hybridized carbons (Fsp3) is 0.276. The molecule has 0 atom stereocenters. The number of benzene rings is 3. The smallest absolute Gasteiger partial charge is 0.416 e. The number of carboxylic acids is 1. The molecule has 0 saturated heterocycles. The first kappa shape index (κ1) is 29.2. The summed E-state index contributed by atoms with van der Waals surface area (Å²) in [6.45, 7) is 0. The van der Waals surface area contributed by atoms with E-state index in [1.807, 2.05) is 0 Å². The Kier molecular flexibility index (Phi) is 7.79. The summed E-state index contributed by atoms with van der Waals surface area (Å²) in [5.41, 5.74) is -2.09. The molecule has 0 spiro atoms. The number of carbonyl (C=O) groups is 1. The molecule has 0 bridgehead atoms. The predicted molar refractivity (Wildman–Crippen MR) is 127 cm³/mol. The summed E-state index contributed by atoms with van der Waals surface area (Å²) in [6, 6.07) is 9.62. The van der Waals surface area contributed by atoms with E-state index in [2.05, 4.69) is 0 Å². The average Bonchev–Trinajstić information content (AvgIpc) is 3.35. The highest BCUT2D eigenvalue weighted by atomic mass is 19.4. The van der Waals surface area contributed by atoms with Gasteiger partial charge in [-0.15, -0.1) is 0 Å². The van der Waals surface area contributed by atoms with Gasteiger partial charge in [-0.2, -0.15) is 39.5 Å². The maximum atomic E-state index is 13.6. The first-order valence-corrected chi connectivity index (χ1v) is 12.1. The number of carbonyl (C=O) groups excluding carboxylic acids is 1. The number of aryl methyl sites for hydroxylation is 2. The molecule has 3 aromatic rings. The van der Waals surface area contributed by atoms with Gasteiger partial charge in [0.05, 0.1) is 22.7 Å². The molecule has 0 radical (unpaired) electrons. The van der Waals surface area contributed by atoms with Gasteiger partial charge in [-0.1, -0.05) is 18.2 Å². The van der Waals surface area contributed by atoms with Crippen molar-refractivity contribution in [1.82, 2.24) is 0 Å². The monoisotopic (exact) mass is 571 g/mol. The largest absolute Gasteiger partial charge is 0.545 e. The lowest BCUT2D eigenvalue weighted by Gasteiger charge is -2.18. The number of hydrogen-bond donors (Lipinski definition) is 0. The van der Waals surface area contributed by atoms with Gasteiger partial charge in [-0.25, -0.2) is 0 Å². The van der Waals surface area contributed by atoms with E-state index in [9.17, 15) is 49.4 Å². The molecule has 0 saturated carbocycles. The van der Waals surface area contributed by atoms with E-state index < -0.39 is 46.8 Å². The zero-order chi connectivity index (χ0) is 29.5. The molecule has 3 aromatic carbocycles. The van der Waals surface area contributed by atoms with Crippen LogP contribution in [0.25, 0.3) is 11.1 Å². The van der Waals surface area contributed by atoms with Crippen LogP contribution in [0.2, 0.25) is 0 Å². The molecule has 1 aliphatic rings. The molecule has 40 heavy (non-hydrogen) atoms. The Bertz CT molecular complexity index is 1440. The number of rotatable bonds is 6. The summed E-state index contributed by atoms with van der Waals surface area (Å²) in [6.07, 6.45) is -12.9. The molecule has 0 fully saturated rings. The third-order valence-electron chi connectivity index (χ3n) is 6.79. The zero-order valence-corrected chi connectivity index (χ0v) is 20.5. The van der Waals surface area contributed by atoms with E-state index >= 15 is 0 Å². The number of hydrogen-bond acceptors (Lipinski definition) is 2. The Balaban J connectivity index is 1.79. The van der Waals surface area contributed by atoms with Crippen LogP contribution in [0.3, 0.4) is 0 Å². The maximum Gasteiger partial charge on any atom is 0.416 e. The minimum Gasteiger partial charge on any atom is -0.545 e. The molecular weight excluding hydrogens is 551 g/mol. The second kappa shape index (κ2) is 10.7. The Morgan fingerprint density at radius 3 is 1.80 bits per heavy atom. The highest BCUT2D eigenvalue weighted by Crippen LogP contribution is 2.44. The summed E-state index contributed by atoms with van der Waals surface area (Å²) in [5.74, 6) is -1.83. The van der Waals surface area contributed by atoms with E-state index in [-0.39, 0.29) is 36.8 Å². The first-order chi connectivity index (χ1) is 18.5. The van der Waals surface area contributed by atoms with Crippen molar-refractivity contribution < 1.29 is 49.4 Å². The number of alkyl halides is 9. The minimum absolute atomic E-state index is 0.0763. The van der Waals surface area contributed by atoms with Gasteiger partial charge in [-0.05, 0) is 114 Å². The van der Waals surface area contributed by atoms with Crippen molar-refractivity contribution in [2.75, 3.05) is 0 Å². The molecule has 0 aromatic heterocycles. The van der Waals surface area contributed by atoms with Crippen molar-refractivity contribution in [3.05, 3.63) is 105 Å². The summed E-state index contributed by atoms with van der Waals surface area (Å²) in [5, 5.41) is 11.4. The molecule has 4 rings (SSSR count). The molecule has 11 heteroatoms. The molecule has 0 aliphatic heterocycles. The van der Waals surface area contributed by atoms with Crippen LogP contribution in [0.4, 0.5) is 39.5 Å². The van der Waals surface area contributed by atoms with Crippen molar-refractivity contribution in [2.45, 2.75) is 50.6 Å². The summed E-state index contributed by atoms with van der Waals surface area (Å²) in [7, 11) is 0. The Labute approximate surface area is 222 Å². The Morgan fingerprint density at radius 2 is 1.23 bits per heavy atom. The van der Waals surface area contributed by atoms with Crippen LogP contribution >= 0.6 is 0 Å². The standard InChI is InChI=1S/C29H21F9O2/c30-27(31,32)20-9-5-16(6-10-20)4-7-17-8-11-21(28(33,34)35)15-25(17)24-3-1-2-23(24)18-12-19(26(39)40)14-22(13-18)29(36,37)38/h5-6,8-15H,1-4,7H2,(H,39,40)/p-1. The van der Waals surface area contributed by atoms with Crippen LogP contribution in [0.5, 0.6) is 0 Å². The molecular formula is C29H20F9O2-. The summed E-state index contributed by atoms with van der Waals surface area (Å²) >= 11 is 0. The highest BCUT2D eigenvalue weighted by molar-refractivity contribution is 5.96. The number of allylic oxidation sites excluding steroid dienone is 2. The molecule has 0 N–H and O–H groups in total. The Morgan fingerprint density at radius 1 is 0.650 bits per heavy atom. The number of carboxylic acid groups (broad SMARTS) is 1. The lowest BCUT2D eigenvalue weighted by Crippen LogP contribution is -2.23. The molecule has 1 aliphatic carbocycles. The van der Waals surface area contributed by atoms with Gasteiger partial charge in [-0.3, -0.25) is 0 Å². The summed E-state index contributed by atoms with van der Waals surface area (Å²) < 4.78 is 120. The van der Waals surface area contributed by atoms with Crippen LogP contribution < -0.4 is 5.11 Å².